The van der Waals surface area contributed by atoms with Crippen LogP contribution in [0.1, 0.15) is 5.56 Å². The molecule has 1 N–H and O–H groups in total. The number of amides is 1. The highest BCUT2D eigenvalue weighted by atomic mass is 35.5. The number of thiophene rings is 1. The molecule has 0 radical (unpaired) electrons. The van der Waals surface area contributed by atoms with Crippen molar-refractivity contribution in [3.63, 3.8) is 0 Å². The maximum Gasteiger partial charge on any atom is 0.336 e. The van der Waals surface area contributed by atoms with E-state index in [1.54, 1.807) is 47.8 Å². The van der Waals surface area contributed by atoms with E-state index < -0.39 is 17.2 Å². The number of nitrogens with one attached hydrogen (secondary N) is 1. The number of rotatable bonds is 4. The van der Waals surface area contributed by atoms with E-state index in [0.717, 1.165) is 10.1 Å². The number of hydrogen-bond acceptors (Lipinski definition) is 4. The zero-order valence-corrected chi connectivity index (χ0v) is 18.0. The lowest BCUT2D eigenvalue weighted by Gasteiger charge is -2.14. The van der Waals surface area contributed by atoms with E-state index in [-0.39, 0.29) is 6.54 Å². The Morgan fingerprint density at radius 2 is 1.80 bits per heavy atom. The second kappa shape index (κ2) is 8.10. The molecule has 152 valence electrons. The summed E-state index contributed by atoms with van der Waals surface area (Å²) in [6.07, 6.45) is 0. The van der Waals surface area contributed by atoms with Gasteiger partial charge in [-0.05, 0) is 54.3 Å². The van der Waals surface area contributed by atoms with Gasteiger partial charge in [-0.15, -0.1) is 11.3 Å². The number of fused-ring (bicyclic) bond motifs is 1. The third-order valence-corrected chi connectivity index (χ3v) is 6.09. The number of aryl methyl sites for hydroxylation is 1. The Hall–Kier alpha value is -2.87. The van der Waals surface area contributed by atoms with Gasteiger partial charge in [0.2, 0.25) is 5.91 Å². The van der Waals surface area contributed by atoms with Crippen LogP contribution in [0.4, 0.5) is 5.69 Å². The van der Waals surface area contributed by atoms with Crippen molar-refractivity contribution < 1.29 is 4.79 Å². The summed E-state index contributed by atoms with van der Waals surface area (Å²) < 4.78 is 2.71. The zero-order chi connectivity index (χ0) is 21.4. The van der Waals surface area contributed by atoms with Crippen LogP contribution in [0, 0.1) is 6.92 Å². The molecular formula is C21H15Cl2N3O3S. The molecule has 30 heavy (non-hydrogen) atoms. The van der Waals surface area contributed by atoms with Crippen LogP contribution in [0.15, 0.2) is 63.5 Å². The molecular weight excluding hydrogens is 445 g/mol. The fourth-order valence-corrected chi connectivity index (χ4v) is 4.39. The summed E-state index contributed by atoms with van der Waals surface area (Å²) in [5.41, 5.74) is 1.03. The van der Waals surface area contributed by atoms with E-state index in [4.69, 9.17) is 23.2 Å². The Morgan fingerprint density at radius 1 is 1.07 bits per heavy atom. The molecule has 0 aliphatic rings. The maximum atomic E-state index is 13.2. The number of hydrogen-bond donors (Lipinski definition) is 1. The first-order valence-corrected chi connectivity index (χ1v) is 10.5. The number of halogens is 2. The van der Waals surface area contributed by atoms with Crippen LogP contribution in [0.25, 0.3) is 15.9 Å². The molecule has 2 aromatic carbocycles. The van der Waals surface area contributed by atoms with Gasteiger partial charge in [0.1, 0.15) is 11.2 Å². The Morgan fingerprint density at radius 3 is 2.50 bits per heavy atom. The molecule has 6 nitrogen and oxygen atoms in total. The number of anilines is 1. The molecule has 0 saturated heterocycles. The lowest BCUT2D eigenvalue weighted by atomic mass is 10.2. The van der Waals surface area contributed by atoms with E-state index >= 15 is 0 Å². The molecule has 0 aliphatic heterocycles. The van der Waals surface area contributed by atoms with Crippen molar-refractivity contribution in [1.82, 2.24) is 9.13 Å². The summed E-state index contributed by atoms with van der Waals surface area (Å²) in [5.74, 6) is -0.429. The molecule has 0 saturated carbocycles. The van der Waals surface area contributed by atoms with Crippen molar-refractivity contribution in [1.29, 1.82) is 0 Å². The van der Waals surface area contributed by atoms with Crippen molar-refractivity contribution in [2.45, 2.75) is 13.5 Å². The van der Waals surface area contributed by atoms with E-state index in [9.17, 15) is 14.4 Å². The normalized spacial score (nSPS) is 11.0. The van der Waals surface area contributed by atoms with Gasteiger partial charge in [-0.1, -0.05) is 35.3 Å². The summed E-state index contributed by atoms with van der Waals surface area (Å²) in [5, 5.41) is 5.36. The Bertz CT molecular complexity index is 1370. The van der Waals surface area contributed by atoms with E-state index in [1.807, 2.05) is 13.0 Å². The number of nitrogens with zero attached hydrogens (tertiary/aromatic N) is 2. The largest absolute Gasteiger partial charge is 0.336 e. The van der Waals surface area contributed by atoms with Crippen LogP contribution in [0.2, 0.25) is 10.0 Å². The second-order valence-corrected chi connectivity index (χ2v) is 8.36. The quantitative estimate of drug-likeness (QED) is 0.489. The van der Waals surface area contributed by atoms with Crippen LogP contribution in [-0.4, -0.2) is 15.0 Å². The van der Waals surface area contributed by atoms with Gasteiger partial charge in [0.25, 0.3) is 5.56 Å². The van der Waals surface area contributed by atoms with Gasteiger partial charge >= 0.3 is 5.69 Å². The standard InChI is InChI=1S/C21H15Cl2N3O3S/c1-12-3-2-4-15(23)18(12)24-17(27)11-25-16-9-10-30-19(16)20(28)26(21(25)29)14-7-5-13(22)6-8-14/h2-10H,11H2,1H3,(H,24,27). The van der Waals surface area contributed by atoms with Crippen molar-refractivity contribution in [2.75, 3.05) is 5.32 Å². The summed E-state index contributed by atoms with van der Waals surface area (Å²) >= 11 is 13.3. The van der Waals surface area contributed by atoms with Crippen LogP contribution < -0.4 is 16.6 Å². The molecule has 4 rings (SSSR count). The monoisotopic (exact) mass is 459 g/mol. The van der Waals surface area contributed by atoms with Gasteiger partial charge in [0.05, 0.1) is 21.9 Å². The van der Waals surface area contributed by atoms with Crippen molar-refractivity contribution >= 4 is 56.3 Å². The predicted molar refractivity (Wildman–Crippen MR) is 122 cm³/mol. The molecule has 0 unspecified atom stereocenters. The SMILES string of the molecule is Cc1cccc(Cl)c1NC(=O)Cn1c(=O)n(-c2ccc(Cl)cc2)c(=O)c2sccc21. The van der Waals surface area contributed by atoms with E-state index in [2.05, 4.69) is 5.32 Å². The first-order valence-electron chi connectivity index (χ1n) is 8.91. The second-order valence-electron chi connectivity index (χ2n) is 6.60. The molecule has 9 heteroatoms. The number of aromatic nitrogens is 2. The highest BCUT2D eigenvalue weighted by Gasteiger charge is 2.18. The Labute approximate surface area is 184 Å². The van der Waals surface area contributed by atoms with Gasteiger partial charge in [0.15, 0.2) is 0 Å². The van der Waals surface area contributed by atoms with Crippen LogP contribution in [0.3, 0.4) is 0 Å². The predicted octanol–water partition coefficient (Wildman–Crippen LogP) is 4.47. The van der Waals surface area contributed by atoms with Crippen LogP contribution >= 0.6 is 34.5 Å². The molecule has 0 aliphatic carbocycles. The molecule has 2 aromatic heterocycles. The first-order chi connectivity index (χ1) is 14.4. The topological polar surface area (TPSA) is 73.1 Å². The Balaban J connectivity index is 1.80. The summed E-state index contributed by atoms with van der Waals surface area (Å²) in [6.45, 7) is 1.55. The van der Waals surface area contributed by atoms with Crippen LogP contribution in [0.5, 0.6) is 0 Å². The van der Waals surface area contributed by atoms with Gasteiger partial charge < -0.3 is 5.32 Å². The number of para-hydroxylation sites is 1. The minimum atomic E-state index is -0.612. The smallest absolute Gasteiger partial charge is 0.323 e. The lowest BCUT2D eigenvalue weighted by molar-refractivity contribution is -0.116. The Kier molecular flexibility index (Phi) is 5.51. The van der Waals surface area contributed by atoms with Gasteiger partial charge in [-0.25, -0.2) is 9.36 Å². The molecule has 1 amide bonds. The number of carbonyl (C=O) groups excluding carboxylic acids is 1. The van der Waals surface area contributed by atoms with Gasteiger partial charge in [-0.2, -0.15) is 0 Å². The van der Waals surface area contributed by atoms with Crippen molar-refractivity contribution in [2.24, 2.45) is 0 Å². The van der Waals surface area contributed by atoms with Gasteiger partial charge in [0, 0.05) is 5.02 Å². The molecule has 0 fully saturated rings. The van der Waals surface area contributed by atoms with E-state index in [1.165, 1.54) is 15.9 Å². The third kappa shape index (κ3) is 3.67. The molecule has 4 aromatic rings. The maximum absolute atomic E-state index is 13.2. The fraction of sp³-hybridized carbons (Fsp3) is 0.0952. The fourth-order valence-electron chi connectivity index (χ4n) is 3.17. The van der Waals surface area contributed by atoms with Gasteiger partial charge in [-0.3, -0.25) is 14.2 Å². The van der Waals surface area contributed by atoms with E-state index in [0.29, 0.717) is 31.6 Å². The third-order valence-electron chi connectivity index (χ3n) is 4.63. The minimum Gasteiger partial charge on any atom is -0.323 e. The summed E-state index contributed by atoms with van der Waals surface area (Å²) in [7, 11) is 0. The highest BCUT2D eigenvalue weighted by Crippen LogP contribution is 2.25. The molecule has 2 heterocycles. The minimum absolute atomic E-state index is 0.273. The highest BCUT2D eigenvalue weighted by molar-refractivity contribution is 7.17. The first kappa shape index (κ1) is 20.4. The lowest BCUT2D eigenvalue weighted by Crippen LogP contribution is -2.40. The molecule has 0 atom stereocenters. The number of benzene rings is 2. The molecule has 0 bridgehead atoms. The molecule has 0 spiro atoms. The average molecular weight is 460 g/mol. The zero-order valence-electron chi connectivity index (χ0n) is 15.7. The van der Waals surface area contributed by atoms with Crippen molar-refractivity contribution in [3.8, 4) is 5.69 Å². The summed E-state index contributed by atoms with van der Waals surface area (Å²) in [6, 6.07) is 13.3. The van der Waals surface area contributed by atoms with Crippen molar-refractivity contribution in [3.05, 3.63) is 90.4 Å². The summed E-state index contributed by atoms with van der Waals surface area (Å²) in [4.78, 5) is 38.9. The number of carbonyl (C=O) groups is 1. The van der Waals surface area contributed by atoms with Crippen LogP contribution in [-0.2, 0) is 11.3 Å². The average Bonchev–Trinajstić information content (AvgIpc) is 3.20.